The monoisotopic (exact) mass is 330 g/mol. The highest BCUT2D eigenvalue weighted by molar-refractivity contribution is 5.96. The van der Waals surface area contributed by atoms with Gasteiger partial charge in [-0.1, -0.05) is 0 Å². The van der Waals surface area contributed by atoms with Gasteiger partial charge in [-0.2, -0.15) is 0 Å². The van der Waals surface area contributed by atoms with E-state index in [0.29, 0.717) is 35.9 Å². The molecule has 0 radical (unpaired) electrons. The highest BCUT2D eigenvalue weighted by Crippen LogP contribution is 2.33. The summed E-state index contributed by atoms with van der Waals surface area (Å²) in [6, 6.07) is 6.41. The van der Waals surface area contributed by atoms with E-state index in [9.17, 15) is 9.18 Å². The van der Waals surface area contributed by atoms with Crippen LogP contribution in [0, 0.1) is 19.7 Å². The van der Waals surface area contributed by atoms with E-state index in [0.717, 1.165) is 11.4 Å². The highest BCUT2D eigenvalue weighted by atomic mass is 19.1. The van der Waals surface area contributed by atoms with Gasteiger partial charge in [-0.15, -0.1) is 0 Å². The molecule has 4 nitrogen and oxygen atoms in total. The molecule has 5 heteroatoms. The Morgan fingerprint density at radius 3 is 2.75 bits per heavy atom. The average molecular weight is 330 g/mol. The quantitative estimate of drug-likeness (QED) is 0.921. The van der Waals surface area contributed by atoms with Gasteiger partial charge in [0, 0.05) is 29.4 Å². The zero-order chi connectivity index (χ0) is 17.4. The second-order valence-corrected chi connectivity index (χ2v) is 6.59. The molecule has 1 amide bonds. The van der Waals surface area contributed by atoms with E-state index in [4.69, 9.17) is 4.74 Å². The van der Waals surface area contributed by atoms with Crippen LogP contribution in [0.15, 0.2) is 24.3 Å². The summed E-state index contributed by atoms with van der Waals surface area (Å²) >= 11 is 0. The number of hydrogen-bond donors (Lipinski definition) is 1. The molecule has 2 aromatic rings. The number of ether oxygens (including phenoxy) is 1. The molecule has 0 saturated heterocycles. The van der Waals surface area contributed by atoms with Crippen LogP contribution in [0.4, 0.5) is 4.39 Å². The van der Waals surface area contributed by atoms with Gasteiger partial charge in [0.15, 0.2) is 0 Å². The summed E-state index contributed by atoms with van der Waals surface area (Å²) in [5.41, 5.74) is 3.38. The largest absolute Gasteiger partial charge is 0.493 e. The number of fused-ring (bicyclic) bond motifs is 1. The summed E-state index contributed by atoms with van der Waals surface area (Å²) in [4.78, 5) is 12.8. The average Bonchev–Trinajstić information content (AvgIpc) is 2.82. The lowest BCUT2D eigenvalue weighted by Gasteiger charge is -2.26. The van der Waals surface area contributed by atoms with E-state index >= 15 is 0 Å². The summed E-state index contributed by atoms with van der Waals surface area (Å²) in [7, 11) is 0. The Hall–Kier alpha value is -2.30. The van der Waals surface area contributed by atoms with Crippen molar-refractivity contribution in [3.63, 3.8) is 0 Å². The smallest absolute Gasteiger partial charge is 0.253 e. The molecule has 0 bridgehead atoms. The molecule has 1 aromatic carbocycles. The predicted octanol–water partition coefficient (Wildman–Crippen LogP) is 4.08. The van der Waals surface area contributed by atoms with Gasteiger partial charge in [-0.3, -0.25) is 4.79 Å². The molecule has 1 aliphatic rings. The topological polar surface area (TPSA) is 43.3 Å². The second-order valence-electron chi connectivity index (χ2n) is 6.59. The number of aromatic nitrogens is 1. The van der Waals surface area contributed by atoms with Crippen LogP contribution in [0.3, 0.4) is 0 Å². The first-order valence-electron chi connectivity index (χ1n) is 8.30. The standard InChI is InChI=1S/C19H23FN2O2/c1-11(2)22-12(3)9-15(13(22)4)19(23)21-17-7-8-24-18-6-5-14(20)10-16(17)18/h5-6,9-11,17H,7-8H2,1-4H3,(H,21,23). The first-order valence-corrected chi connectivity index (χ1v) is 8.30. The summed E-state index contributed by atoms with van der Waals surface area (Å²) in [6.45, 7) is 8.66. The molecule has 2 heterocycles. The zero-order valence-corrected chi connectivity index (χ0v) is 14.5. The van der Waals surface area contributed by atoms with E-state index in [1.807, 2.05) is 19.9 Å². The van der Waals surface area contributed by atoms with Crippen LogP contribution in [0.1, 0.15) is 59.7 Å². The molecule has 0 spiro atoms. The molecule has 128 valence electrons. The Bertz CT molecular complexity index is 780. The minimum Gasteiger partial charge on any atom is -0.493 e. The molecule has 1 unspecified atom stereocenters. The number of hydrogen-bond acceptors (Lipinski definition) is 2. The molecular weight excluding hydrogens is 307 g/mol. The van der Waals surface area contributed by atoms with Crippen molar-refractivity contribution in [2.24, 2.45) is 0 Å². The van der Waals surface area contributed by atoms with Crippen LogP contribution in [0.5, 0.6) is 5.75 Å². The van der Waals surface area contributed by atoms with Crippen molar-refractivity contribution < 1.29 is 13.9 Å². The van der Waals surface area contributed by atoms with Gasteiger partial charge < -0.3 is 14.6 Å². The summed E-state index contributed by atoms with van der Waals surface area (Å²) in [6.07, 6.45) is 0.630. The minimum absolute atomic E-state index is 0.128. The molecule has 1 atom stereocenters. The number of carbonyl (C=O) groups excluding carboxylic acids is 1. The maximum Gasteiger partial charge on any atom is 0.253 e. The van der Waals surface area contributed by atoms with Crippen LogP contribution in [-0.4, -0.2) is 17.1 Å². The maximum atomic E-state index is 13.6. The molecule has 0 saturated carbocycles. The van der Waals surface area contributed by atoms with Crippen molar-refractivity contribution >= 4 is 5.91 Å². The van der Waals surface area contributed by atoms with Gasteiger partial charge >= 0.3 is 0 Å². The number of nitrogens with one attached hydrogen (secondary N) is 1. The molecule has 3 rings (SSSR count). The van der Waals surface area contributed by atoms with Crippen molar-refractivity contribution in [2.45, 2.75) is 46.2 Å². The van der Waals surface area contributed by atoms with Crippen molar-refractivity contribution in [1.82, 2.24) is 9.88 Å². The van der Waals surface area contributed by atoms with E-state index in [1.54, 1.807) is 6.07 Å². The van der Waals surface area contributed by atoms with E-state index in [2.05, 4.69) is 23.7 Å². The van der Waals surface area contributed by atoms with Gasteiger partial charge in [0.2, 0.25) is 0 Å². The molecule has 24 heavy (non-hydrogen) atoms. The molecule has 1 aromatic heterocycles. The SMILES string of the molecule is Cc1cc(C(=O)NC2CCOc3ccc(F)cc32)c(C)n1C(C)C. The molecule has 0 fully saturated rings. The van der Waals surface area contributed by atoms with Crippen molar-refractivity contribution in [1.29, 1.82) is 0 Å². The number of aryl methyl sites for hydroxylation is 1. The fourth-order valence-electron chi connectivity index (χ4n) is 3.55. The van der Waals surface area contributed by atoms with Gasteiger partial charge in [0.05, 0.1) is 18.2 Å². The summed E-state index contributed by atoms with van der Waals surface area (Å²) < 4.78 is 21.3. The van der Waals surface area contributed by atoms with Crippen molar-refractivity contribution in [3.8, 4) is 5.75 Å². The lowest BCUT2D eigenvalue weighted by molar-refractivity contribution is 0.0924. The lowest BCUT2D eigenvalue weighted by atomic mass is 10.00. The molecule has 1 N–H and O–H groups in total. The number of nitrogens with zero attached hydrogens (tertiary/aromatic N) is 1. The third-order valence-corrected chi connectivity index (χ3v) is 4.56. The highest BCUT2D eigenvalue weighted by Gasteiger charge is 2.25. The Balaban J connectivity index is 1.87. The number of benzene rings is 1. The van der Waals surface area contributed by atoms with Gasteiger partial charge in [-0.05, 0) is 52.0 Å². The fraction of sp³-hybridized carbons (Fsp3) is 0.421. The van der Waals surface area contributed by atoms with Gasteiger partial charge in [-0.25, -0.2) is 4.39 Å². The summed E-state index contributed by atoms with van der Waals surface area (Å²) in [5, 5.41) is 3.04. The Morgan fingerprint density at radius 2 is 2.08 bits per heavy atom. The van der Waals surface area contributed by atoms with Crippen LogP contribution >= 0.6 is 0 Å². The van der Waals surface area contributed by atoms with Crippen LogP contribution < -0.4 is 10.1 Å². The van der Waals surface area contributed by atoms with Gasteiger partial charge in [0.25, 0.3) is 5.91 Å². The fourth-order valence-corrected chi connectivity index (χ4v) is 3.55. The zero-order valence-electron chi connectivity index (χ0n) is 14.5. The first kappa shape index (κ1) is 16.6. The number of halogens is 1. The van der Waals surface area contributed by atoms with Gasteiger partial charge in [0.1, 0.15) is 11.6 Å². The predicted molar refractivity (Wildman–Crippen MR) is 91.0 cm³/mol. The molecule has 0 aliphatic carbocycles. The third-order valence-electron chi connectivity index (χ3n) is 4.56. The molecular formula is C19H23FN2O2. The number of amides is 1. The Labute approximate surface area is 141 Å². The Morgan fingerprint density at radius 1 is 1.33 bits per heavy atom. The third kappa shape index (κ3) is 2.90. The summed E-state index contributed by atoms with van der Waals surface area (Å²) in [5.74, 6) is 0.189. The van der Waals surface area contributed by atoms with E-state index in [1.165, 1.54) is 12.1 Å². The lowest BCUT2D eigenvalue weighted by Crippen LogP contribution is -2.32. The number of carbonyl (C=O) groups is 1. The van der Waals surface area contributed by atoms with Crippen molar-refractivity contribution in [2.75, 3.05) is 6.61 Å². The Kier molecular flexibility index (Phi) is 4.35. The van der Waals surface area contributed by atoms with Crippen LogP contribution in [-0.2, 0) is 0 Å². The van der Waals surface area contributed by atoms with Crippen LogP contribution in [0.2, 0.25) is 0 Å². The minimum atomic E-state index is -0.323. The van der Waals surface area contributed by atoms with E-state index < -0.39 is 0 Å². The maximum absolute atomic E-state index is 13.6. The van der Waals surface area contributed by atoms with Crippen molar-refractivity contribution in [3.05, 3.63) is 52.6 Å². The second kappa shape index (κ2) is 6.30. The van der Waals surface area contributed by atoms with E-state index in [-0.39, 0.29) is 17.8 Å². The first-order chi connectivity index (χ1) is 11.4. The number of rotatable bonds is 3. The van der Waals surface area contributed by atoms with Crippen LogP contribution in [0.25, 0.3) is 0 Å². The normalized spacial score (nSPS) is 16.7. The molecule has 1 aliphatic heterocycles.